The summed E-state index contributed by atoms with van der Waals surface area (Å²) in [6, 6.07) is 14.8. The SMILES string of the molecule is O=C(Cc1ccccc1)Cc1cc(Cl)ccc1Cl. The summed E-state index contributed by atoms with van der Waals surface area (Å²) in [7, 11) is 0. The van der Waals surface area contributed by atoms with Crippen LogP contribution in [0.15, 0.2) is 48.5 Å². The Balaban J connectivity index is 2.05. The largest absolute Gasteiger partial charge is 0.299 e. The average molecular weight is 279 g/mol. The van der Waals surface area contributed by atoms with Crippen molar-refractivity contribution in [3.8, 4) is 0 Å². The van der Waals surface area contributed by atoms with Crippen LogP contribution in [0.25, 0.3) is 0 Å². The summed E-state index contributed by atoms with van der Waals surface area (Å²) in [6.07, 6.45) is 0.734. The van der Waals surface area contributed by atoms with Gasteiger partial charge in [-0.15, -0.1) is 0 Å². The summed E-state index contributed by atoms with van der Waals surface area (Å²) in [5, 5.41) is 1.18. The monoisotopic (exact) mass is 278 g/mol. The fourth-order valence-electron chi connectivity index (χ4n) is 1.78. The van der Waals surface area contributed by atoms with E-state index in [-0.39, 0.29) is 5.78 Å². The molecule has 0 spiro atoms. The van der Waals surface area contributed by atoms with Crippen molar-refractivity contribution in [2.45, 2.75) is 12.8 Å². The van der Waals surface area contributed by atoms with Gasteiger partial charge in [0.1, 0.15) is 5.78 Å². The normalized spacial score (nSPS) is 10.3. The Morgan fingerprint density at radius 1 is 0.944 bits per heavy atom. The van der Waals surface area contributed by atoms with E-state index < -0.39 is 0 Å². The number of carbonyl (C=O) groups excluding carboxylic acids is 1. The van der Waals surface area contributed by atoms with Crippen LogP contribution >= 0.6 is 23.2 Å². The summed E-state index contributed by atoms with van der Waals surface area (Å²) in [5.41, 5.74) is 1.80. The van der Waals surface area contributed by atoms with Crippen LogP contribution in [-0.2, 0) is 17.6 Å². The van der Waals surface area contributed by atoms with E-state index in [0.717, 1.165) is 11.1 Å². The van der Waals surface area contributed by atoms with Crippen molar-refractivity contribution in [2.24, 2.45) is 0 Å². The van der Waals surface area contributed by atoms with Gasteiger partial charge in [-0.1, -0.05) is 53.5 Å². The van der Waals surface area contributed by atoms with Crippen LogP contribution in [0.1, 0.15) is 11.1 Å². The van der Waals surface area contributed by atoms with Gasteiger partial charge in [-0.25, -0.2) is 0 Å². The van der Waals surface area contributed by atoms with E-state index in [2.05, 4.69) is 0 Å². The molecule has 0 amide bonds. The Morgan fingerprint density at radius 2 is 1.67 bits per heavy atom. The molecule has 0 fully saturated rings. The van der Waals surface area contributed by atoms with E-state index in [9.17, 15) is 4.79 Å². The number of halogens is 2. The number of ketones is 1. The molecular weight excluding hydrogens is 267 g/mol. The molecule has 2 aromatic carbocycles. The van der Waals surface area contributed by atoms with E-state index >= 15 is 0 Å². The lowest BCUT2D eigenvalue weighted by molar-refractivity contribution is -0.117. The Labute approximate surface area is 116 Å². The van der Waals surface area contributed by atoms with E-state index in [1.54, 1.807) is 18.2 Å². The van der Waals surface area contributed by atoms with Crippen molar-refractivity contribution < 1.29 is 4.79 Å². The second-order valence-corrected chi connectivity index (χ2v) is 4.96. The zero-order valence-electron chi connectivity index (χ0n) is 9.70. The Bertz CT molecular complexity index is 550. The van der Waals surface area contributed by atoms with Crippen LogP contribution in [-0.4, -0.2) is 5.78 Å². The van der Waals surface area contributed by atoms with Gasteiger partial charge in [-0.05, 0) is 29.3 Å². The van der Waals surface area contributed by atoms with Gasteiger partial charge < -0.3 is 0 Å². The molecule has 1 nitrogen and oxygen atoms in total. The number of benzene rings is 2. The Kier molecular flexibility index (Phi) is 4.40. The highest BCUT2D eigenvalue weighted by molar-refractivity contribution is 6.33. The standard InChI is InChI=1S/C15H12Cl2O/c16-13-6-7-15(17)12(9-13)10-14(18)8-11-4-2-1-3-5-11/h1-7,9H,8,10H2. The minimum atomic E-state index is 0.130. The molecule has 0 N–H and O–H groups in total. The quantitative estimate of drug-likeness (QED) is 0.813. The first-order valence-electron chi connectivity index (χ1n) is 5.65. The maximum atomic E-state index is 11.9. The highest BCUT2D eigenvalue weighted by atomic mass is 35.5. The van der Waals surface area contributed by atoms with Gasteiger partial charge in [-0.2, -0.15) is 0 Å². The Hall–Kier alpha value is -1.31. The van der Waals surface area contributed by atoms with Crippen LogP contribution < -0.4 is 0 Å². The summed E-state index contributed by atoms with van der Waals surface area (Å²) in [6.45, 7) is 0. The smallest absolute Gasteiger partial charge is 0.141 e. The van der Waals surface area contributed by atoms with Gasteiger partial charge in [-0.3, -0.25) is 4.79 Å². The van der Waals surface area contributed by atoms with Crippen molar-refractivity contribution in [3.05, 3.63) is 69.7 Å². The third-order valence-corrected chi connectivity index (χ3v) is 3.24. The highest BCUT2D eigenvalue weighted by Gasteiger charge is 2.08. The summed E-state index contributed by atoms with van der Waals surface area (Å²) < 4.78 is 0. The predicted molar refractivity (Wildman–Crippen MR) is 75.3 cm³/mol. The molecule has 0 aliphatic rings. The molecule has 0 radical (unpaired) electrons. The van der Waals surface area contributed by atoms with Gasteiger partial charge in [0.2, 0.25) is 0 Å². The minimum Gasteiger partial charge on any atom is -0.299 e. The maximum absolute atomic E-state index is 11.9. The van der Waals surface area contributed by atoms with E-state index in [0.29, 0.717) is 22.9 Å². The average Bonchev–Trinajstić information content (AvgIpc) is 2.35. The lowest BCUT2D eigenvalue weighted by atomic mass is 10.0. The first-order chi connectivity index (χ1) is 8.65. The van der Waals surface area contributed by atoms with Gasteiger partial charge in [0, 0.05) is 22.9 Å². The van der Waals surface area contributed by atoms with Gasteiger partial charge >= 0.3 is 0 Å². The molecule has 0 aromatic heterocycles. The van der Waals surface area contributed by atoms with Gasteiger partial charge in [0.05, 0.1) is 0 Å². The van der Waals surface area contributed by atoms with Crippen LogP contribution in [0.2, 0.25) is 10.0 Å². The molecule has 0 atom stereocenters. The zero-order valence-corrected chi connectivity index (χ0v) is 11.2. The van der Waals surface area contributed by atoms with Crippen LogP contribution in [0, 0.1) is 0 Å². The van der Waals surface area contributed by atoms with Crippen LogP contribution in [0.3, 0.4) is 0 Å². The molecule has 2 aromatic rings. The maximum Gasteiger partial charge on any atom is 0.141 e. The van der Waals surface area contributed by atoms with Crippen molar-refractivity contribution in [1.82, 2.24) is 0 Å². The van der Waals surface area contributed by atoms with E-state index in [1.807, 2.05) is 30.3 Å². The number of hydrogen-bond acceptors (Lipinski definition) is 1. The minimum absolute atomic E-state index is 0.130. The molecule has 0 saturated heterocycles. The highest BCUT2D eigenvalue weighted by Crippen LogP contribution is 2.21. The second kappa shape index (κ2) is 6.03. The molecule has 0 saturated carbocycles. The number of rotatable bonds is 4. The zero-order chi connectivity index (χ0) is 13.0. The molecule has 0 aliphatic heterocycles. The summed E-state index contributed by atoms with van der Waals surface area (Å²) in [4.78, 5) is 11.9. The van der Waals surface area contributed by atoms with Gasteiger partial charge in [0.25, 0.3) is 0 Å². The fourth-order valence-corrected chi connectivity index (χ4v) is 2.16. The summed E-state index contributed by atoms with van der Waals surface area (Å²) >= 11 is 11.9. The first kappa shape index (κ1) is 13.1. The number of Topliss-reactive ketones (excluding diaryl/α,β-unsaturated/α-hetero) is 1. The topological polar surface area (TPSA) is 17.1 Å². The van der Waals surface area contributed by atoms with Gasteiger partial charge in [0.15, 0.2) is 0 Å². The molecule has 0 bridgehead atoms. The number of carbonyl (C=O) groups is 1. The van der Waals surface area contributed by atoms with Crippen molar-refractivity contribution in [1.29, 1.82) is 0 Å². The van der Waals surface area contributed by atoms with Crippen molar-refractivity contribution >= 4 is 29.0 Å². The Morgan fingerprint density at radius 3 is 2.39 bits per heavy atom. The molecule has 0 heterocycles. The molecule has 0 unspecified atom stereocenters. The third kappa shape index (κ3) is 3.59. The van der Waals surface area contributed by atoms with Crippen molar-refractivity contribution in [2.75, 3.05) is 0 Å². The second-order valence-electron chi connectivity index (χ2n) is 4.11. The first-order valence-corrected chi connectivity index (χ1v) is 6.40. The van der Waals surface area contributed by atoms with E-state index in [4.69, 9.17) is 23.2 Å². The van der Waals surface area contributed by atoms with E-state index in [1.165, 1.54) is 0 Å². The molecular formula is C15H12Cl2O. The lowest BCUT2D eigenvalue weighted by Gasteiger charge is -2.04. The van der Waals surface area contributed by atoms with Crippen LogP contribution in [0.4, 0.5) is 0 Å². The fraction of sp³-hybridized carbons (Fsp3) is 0.133. The lowest BCUT2D eigenvalue weighted by Crippen LogP contribution is -2.06. The molecule has 3 heteroatoms. The molecule has 92 valence electrons. The third-order valence-electron chi connectivity index (χ3n) is 2.64. The molecule has 18 heavy (non-hydrogen) atoms. The molecule has 0 aliphatic carbocycles. The van der Waals surface area contributed by atoms with Crippen LogP contribution in [0.5, 0.6) is 0 Å². The molecule has 2 rings (SSSR count). The summed E-state index contributed by atoms with van der Waals surface area (Å²) in [5.74, 6) is 0.130. The van der Waals surface area contributed by atoms with Crippen molar-refractivity contribution in [3.63, 3.8) is 0 Å². The predicted octanol–water partition coefficient (Wildman–Crippen LogP) is 4.35. The number of hydrogen-bond donors (Lipinski definition) is 0.